The first-order valence-electron chi connectivity index (χ1n) is 7.72. The summed E-state index contributed by atoms with van der Waals surface area (Å²) in [5.41, 5.74) is 0.667. The van der Waals surface area contributed by atoms with E-state index in [1.807, 2.05) is 12.1 Å². The van der Waals surface area contributed by atoms with Gasteiger partial charge in [0.1, 0.15) is 23.2 Å². The largest absolute Gasteiger partial charge is 0.446 e. The monoisotopic (exact) mass is 393 g/mol. The molecule has 134 valence electrons. The first kappa shape index (κ1) is 18.6. The maximum absolute atomic E-state index is 14.4. The lowest BCUT2D eigenvalue weighted by molar-refractivity contribution is 0.472. The number of rotatable bonds is 6. The van der Waals surface area contributed by atoms with Crippen LogP contribution >= 0.6 is 20.0 Å². The number of halogens is 3. The van der Waals surface area contributed by atoms with E-state index in [1.54, 1.807) is 48.5 Å². The van der Waals surface area contributed by atoms with Gasteiger partial charge in [-0.3, -0.25) is 0 Å². The van der Waals surface area contributed by atoms with Crippen LogP contribution < -0.4 is 9.84 Å². The summed E-state index contributed by atoms with van der Waals surface area (Å²) in [6.07, 6.45) is 0. The smallest absolute Gasteiger partial charge is 0.256 e. The van der Waals surface area contributed by atoms with Crippen molar-refractivity contribution >= 4 is 25.7 Å². The Morgan fingerprint density at radius 1 is 0.923 bits per heavy atom. The van der Waals surface area contributed by atoms with E-state index in [-0.39, 0.29) is 10.6 Å². The van der Waals surface area contributed by atoms with Gasteiger partial charge >= 0.3 is 0 Å². The van der Waals surface area contributed by atoms with E-state index in [2.05, 4.69) is 5.32 Å². The Morgan fingerprint density at radius 2 is 1.54 bits per heavy atom. The maximum atomic E-state index is 14.4. The fraction of sp³-hybridized carbons (Fsp3) is 0.0526. The van der Waals surface area contributed by atoms with Crippen molar-refractivity contribution in [1.82, 2.24) is 0 Å². The Morgan fingerprint density at radius 3 is 2.19 bits per heavy atom. The molecule has 2 N–H and O–H groups in total. The molecule has 0 fully saturated rings. The lowest BCUT2D eigenvalue weighted by atomic mass is 10.2. The lowest BCUT2D eigenvalue weighted by Crippen LogP contribution is -2.13. The molecule has 0 spiro atoms. The van der Waals surface area contributed by atoms with Crippen LogP contribution in [0.25, 0.3) is 0 Å². The summed E-state index contributed by atoms with van der Waals surface area (Å²) in [5, 5.41) is 2.80. The van der Waals surface area contributed by atoms with Gasteiger partial charge in [0.15, 0.2) is 0 Å². The Bertz CT molecular complexity index is 868. The average molecular weight is 394 g/mol. The predicted molar refractivity (Wildman–Crippen MR) is 100 cm³/mol. The van der Waals surface area contributed by atoms with Crippen molar-refractivity contribution in [1.29, 1.82) is 0 Å². The number of para-hydroxylation sites is 2. The third-order valence-corrected chi connectivity index (χ3v) is 5.11. The van der Waals surface area contributed by atoms with Gasteiger partial charge in [-0.15, -0.1) is 0 Å². The number of anilines is 1. The molecular formula is C19H15ClF2NO2P. The van der Waals surface area contributed by atoms with Gasteiger partial charge in [0.05, 0.1) is 5.02 Å². The molecule has 3 rings (SSSR count). The molecule has 0 radical (unpaired) electrons. The summed E-state index contributed by atoms with van der Waals surface area (Å²) in [5.74, 6) is -2.20. The second kappa shape index (κ2) is 8.45. The predicted octanol–water partition coefficient (Wildman–Crippen LogP) is 6.11. The van der Waals surface area contributed by atoms with E-state index in [4.69, 9.17) is 16.1 Å². The molecular weight excluding hydrogens is 379 g/mol. The van der Waals surface area contributed by atoms with Gasteiger partial charge in [0.2, 0.25) is 0 Å². The van der Waals surface area contributed by atoms with Crippen molar-refractivity contribution in [2.24, 2.45) is 0 Å². The van der Waals surface area contributed by atoms with Gasteiger partial charge in [-0.25, -0.2) is 8.78 Å². The first-order chi connectivity index (χ1) is 12.5. The summed E-state index contributed by atoms with van der Waals surface area (Å²) in [4.78, 5) is 10.6. The molecule has 0 heterocycles. The Labute approximate surface area is 156 Å². The highest BCUT2D eigenvalue weighted by atomic mass is 35.5. The minimum absolute atomic E-state index is 0.0183. The minimum atomic E-state index is -2.19. The van der Waals surface area contributed by atoms with Crippen LogP contribution in [0.3, 0.4) is 0 Å². The average Bonchev–Trinajstić information content (AvgIpc) is 2.64. The van der Waals surface area contributed by atoms with E-state index < -0.39 is 25.8 Å². The third kappa shape index (κ3) is 4.50. The second-order valence-corrected chi connectivity index (χ2v) is 7.12. The molecule has 2 atom stereocenters. The standard InChI is InChI=1S/C19H15ClF2NO2P/c20-16-11-15(17(21)12-18(16)22)19(23-13-7-3-1-4-8-13)26(24)25-14-9-5-2-6-10-14/h1-12,19,23-24H. The molecule has 3 aromatic rings. The summed E-state index contributed by atoms with van der Waals surface area (Å²) in [6, 6.07) is 19.5. The second-order valence-electron chi connectivity index (χ2n) is 5.41. The van der Waals surface area contributed by atoms with E-state index in [0.29, 0.717) is 17.5 Å². The molecule has 3 aromatic carbocycles. The van der Waals surface area contributed by atoms with Crippen LogP contribution in [-0.4, -0.2) is 4.89 Å². The SMILES string of the molecule is OP(Oc1ccccc1)C(Nc1ccccc1)c1cc(Cl)c(F)cc1F. The normalized spacial score (nSPS) is 13.1. The van der Waals surface area contributed by atoms with E-state index >= 15 is 0 Å². The highest BCUT2D eigenvalue weighted by Gasteiger charge is 2.28. The van der Waals surface area contributed by atoms with Crippen LogP contribution in [0.2, 0.25) is 5.02 Å². The van der Waals surface area contributed by atoms with Gasteiger partial charge in [0.25, 0.3) is 8.38 Å². The number of nitrogens with one attached hydrogen (secondary N) is 1. The van der Waals surface area contributed by atoms with E-state index in [0.717, 1.165) is 6.07 Å². The van der Waals surface area contributed by atoms with Crippen molar-refractivity contribution in [2.75, 3.05) is 5.32 Å². The molecule has 0 saturated heterocycles. The molecule has 0 bridgehead atoms. The number of hydrogen-bond donors (Lipinski definition) is 2. The van der Waals surface area contributed by atoms with Gasteiger partial charge < -0.3 is 14.7 Å². The molecule has 0 aliphatic carbocycles. The summed E-state index contributed by atoms with van der Waals surface area (Å²) < 4.78 is 33.5. The van der Waals surface area contributed by atoms with Crippen molar-refractivity contribution in [3.63, 3.8) is 0 Å². The van der Waals surface area contributed by atoms with Crippen molar-refractivity contribution < 1.29 is 18.2 Å². The molecule has 2 unspecified atom stereocenters. The number of hydrogen-bond acceptors (Lipinski definition) is 3. The fourth-order valence-electron chi connectivity index (χ4n) is 2.33. The quantitative estimate of drug-likeness (QED) is 0.392. The van der Waals surface area contributed by atoms with Gasteiger partial charge in [-0.2, -0.15) is 0 Å². The van der Waals surface area contributed by atoms with Crippen LogP contribution in [0.5, 0.6) is 5.75 Å². The molecule has 0 aliphatic rings. The zero-order valence-corrected chi connectivity index (χ0v) is 15.1. The topological polar surface area (TPSA) is 41.5 Å². The summed E-state index contributed by atoms with van der Waals surface area (Å²) >= 11 is 5.81. The molecule has 0 aliphatic heterocycles. The van der Waals surface area contributed by atoms with Gasteiger partial charge in [-0.05, 0) is 30.3 Å². The molecule has 3 nitrogen and oxygen atoms in total. The van der Waals surface area contributed by atoms with Gasteiger partial charge in [-0.1, -0.05) is 48.0 Å². The Hall–Kier alpha value is -2.20. The van der Waals surface area contributed by atoms with Crippen molar-refractivity contribution in [3.05, 3.63) is 95.0 Å². The van der Waals surface area contributed by atoms with Crippen LogP contribution in [0.4, 0.5) is 14.5 Å². The highest BCUT2D eigenvalue weighted by molar-refractivity contribution is 7.47. The zero-order valence-electron chi connectivity index (χ0n) is 13.4. The maximum Gasteiger partial charge on any atom is 0.256 e. The fourth-order valence-corrected chi connectivity index (χ4v) is 3.64. The van der Waals surface area contributed by atoms with E-state index in [9.17, 15) is 13.7 Å². The first-order valence-corrected chi connectivity index (χ1v) is 9.37. The summed E-state index contributed by atoms with van der Waals surface area (Å²) in [7, 11) is -2.19. The summed E-state index contributed by atoms with van der Waals surface area (Å²) in [6.45, 7) is 0. The lowest BCUT2D eigenvalue weighted by Gasteiger charge is -2.25. The van der Waals surface area contributed by atoms with Crippen LogP contribution in [0, 0.1) is 11.6 Å². The highest BCUT2D eigenvalue weighted by Crippen LogP contribution is 2.49. The van der Waals surface area contributed by atoms with Crippen molar-refractivity contribution in [2.45, 2.75) is 5.78 Å². The Balaban J connectivity index is 1.95. The molecule has 0 aromatic heterocycles. The molecule has 7 heteroatoms. The third-order valence-electron chi connectivity index (χ3n) is 3.57. The zero-order chi connectivity index (χ0) is 18.5. The molecule has 26 heavy (non-hydrogen) atoms. The van der Waals surface area contributed by atoms with Crippen LogP contribution in [0.1, 0.15) is 11.3 Å². The molecule has 0 saturated carbocycles. The van der Waals surface area contributed by atoms with Crippen molar-refractivity contribution in [3.8, 4) is 5.75 Å². The molecule has 0 amide bonds. The van der Waals surface area contributed by atoms with Gasteiger partial charge in [0, 0.05) is 17.3 Å². The van der Waals surface area contributed by atoms with Crippen LogP contribution in [-0.2, 0) is 0 Å². The Kier molecular flexibility index (Phi) is 6.04. The van der Waals surface area contributed by atoms with Crippen LogP contribution in [0.15, 0.2) is 72.8 Å². The van der Waals surface area contributed by atoms with E-state index in [1.165, 1.54) is 0 Å². The minimum Gasteiger partial charge on any atom is -0.446 e. The number of benzene rings is 3.